The van der Waals surface area contributed by atoms with Gasteiger partial charge >= 0.3 is 11.9 Å². The quantitative estimate of drug-likeness (QED) is 0.300. The molecule has 0 aromatic rings. The van der Waals surface area contributed by atoms with Crippen molar-refractivity contribution in [3.63, 3.8) is 0 Å². The third kappa shape index (κ3) is 7.11. The molecule has 4 heteroatoms. The second-order valence-corrected chi connectivity index (χ2v) is 5.42. The van der Waals surface area contributed by atoms with Crippen LogP contribution < -0.4 is 0 Å². The van der Waals surface area contributed by atoms with Gasteiger partial charge in [0.05, 0.1) is 0 Å². The number of allylic oxidation sites excluding steroid dienone is 3. The van der Waals surface area contributed by atoms with Gasteiger partial charge in [0, 0.05) is 0 Å². The average molecular weight is 296 g/mol. The lowest BCUT2D eigenvalue weighted by Gasteiger charge is -2.21. The normalized spacial score (nSPS) is 11.7. The topological polar surface area (TPSA) is 74.6 Å². The van der Waals surface area contributed by atoms with E-state index >= 15 is 0 Å². The minimum Gasteiger partial charge on any atom is -0.480 e. The van der Waals surface area contributed by atoms with Crippen molar-refractivity contribution in [3.05, 3.63) is 24.8 Å². The van der Waals surface area contributed by atoms with Gasteiger partial charge in [-0.1, -0.05) is 57.3 Å². The first-order valence-corrected chi connectivity index (χ1v) is 7.74. The third-order valence-electron chi connectivity index (χ3n) is 3.67. The van der Waals surface area contributed by atoms with Crippen molar-refractivity contribution in [2.45, 2.75) is 64.7 Å². The first-order valence-electron chi connectivity index (χ1n) is 7.74. The van der Waals surface area contributed by atoms with E-state index in [4.69, 9.17) is 0 Å². The minimum absolute atomic E-state index is 0.000475. The van der Waals surface area contributed by atoms with Crippen LogP contribution in [-0.2, 0) is 9.59 Å². The number of carboxylic acids is 2. The summed E-state index contributed by atoms with van der Waals surface area (Å²) in [6, 6.07) is 0. The van der Waals surface area contributed by atoms with Crippen LogP contribution in [0.15, 0.2) is 24.8 Å². The summed E-state index contributed by atoms with van der Waals surface area (Å²) in [6.07, 6.45) is 13.0. The zero-order valence-corrected chi connectivity index (χ0v) is 13.0. The van der Waals surface area contributed by atoms with Gasteiger partial charge in [0.25, 0.3) is 0 Å². The maximum absolute atomic E-state index is 11.3. The van der Waals surface area contributed by atoms with E-state index in [0.29, 0.717) is 0 Å². The average Bonchev–Trinajstić information content (AvgIpc) is 2.43. The molecule has 0 saturated heterocycles. The van der Waals surface area contributed by atoms with Crippen molar-refractivity contribution >= 4 is 11.9 Å². The van der Waals surface area contributed by atoms with Crippen LogP contribution in [0, 0.1) is 5.41 Å². The van der Waals surface area contributed by atoms with Crippen LogP contribution >= 0.6 is 0 Å². The standard InChI is InChI=1S/C17H28O4/c1-3-5-6-7-8-9-10-11-12-14-17(13-4-2,15(18)19)16(20)21/h4,11-12H,2-3,5-10,13-14H2,1H3,(H,18,19)(H,20,21). The Hall–Kier alpha value is -1.58. The van der Waals surface area contributed by atoms with E-state index in [1.165, 1.54) is 38.2 Å². The summed E-state index contributed by atoms with van der Waals surface area (Å²) in [5.74, 6) is -2.61. The highest BCUT2D eigenvalue weighted by atomic mass is 16.4. The summed E-state index contributed by atoms with van der Waals surface area (Å²) in [4.78, 5) is 22.5. The number of rotatable bonds is 13. The molecule has 0 rings (SSSR count). The van der Waals surface area contributed by atoms with Crippen LogP contribution in [0.5, 0.6) is 0 Å². The van der Waals surface area contributed by atoms with Crippen LogP contribution in [-0.4, -0.2) is 22.2 Å². The molecule has 21 heavy (non-hydrogen) atoms. The van der Waals surface area contributed by atoms with E-state index in [-0.39, 0.29) is 12.8 Å². The molecule has 0 aliphatic carbocycles. The highest BCUT2D eigenvalue weighted by Gasteiger charge is 2.44. The molecule has 0 aromatic carbocycles. The Bertz CT molecular complexity index is 344. The SMILES string of the molecule is C=CCC(CC=CCCCCCCCC)(C(=O)O)C(=O)O. The van der Waals surface area contributed by atoms with E-state index in [1.54, 1.807) is 6.08 Å². The van der Waals surface area contributed by atoms with Crippen molar-refractivity contribution < 1.29 is 19.8 Å². The Labute approximate surface area is 127 Å². The van der Waals surface area contributed by atoms with Crippen LogP contribution in [0.1, 0.15) is 64.7 Å². The molecule has 0 amide bonds. The summed E-state index contributed by atoms with van der Waals surface area (Å²) >= 11 is 0. The Kier molecular flexibility index (Phi) is 10.3. The van der Waals surface area contributed by atoms with Gasteiger partial charge < -0.3 is 10.2 Å². The van der Waals surface area contributed by atoms with Gasteiger partial charge in [-0.3, -0.25) is 9.59 Å². The van der Waals surface area contributed by atoms with Crippen LogP contribution in [0.4, 0.5) is 0 Å². The molecule has 4 nitrogen and oxygen atoms in total. The molecule has 2 N–H and O–H groups in total. The van der Waals surface area contributed by atoms with E-state index in [1.807, 2.05) is 6.08 Å². The number of hydrogen-bond donors (Lipinski definition) is 2. The zero-order valence-electron chi connectivity index (χ0n) is 13.0. The van der Waals surface area contributed by atoms with Crippen molar-refractivity contribution in [1.82, 2.24) is 0 Å². The minimum atomic E-state index is -1.78. The van der Waals surface area contributed by atoms with Crippen LogP contribution in [0.25, 0.3) is 0 Å². The number of aliphatic carboxylic acids is 2. The van der Waals surface area contributed by atoms with Gasteiger partial charge in [0.15, 0.2) is 5.41 Å². The maximum atomic E-state index is 11.3. The van der Waals surface area contributed by atoms with Gasteiger partial charge in [0.1, 0.15) is 0 Å². The van der Waals surface area contributed by atoms with E-state index in [2.05, 4.69) is 13.5 Å². The Morgan fingerprint density at radius 2 is 1.52 bits per heavy atom. The fourth-order valence-electron chi connectivity index (χ4n) is 2.22. The van der Waals surface area contributed by atoms with Crippen molar-refractivity contribution in [1.29, 1.82) is 0 Å². The molecule has 0 aliphatic rings. The molecule has 120 valence electrons. The molecule has 0 fully saturated rings. The number of carbonyl (C=O) groups is 2. The molecule has 0 spiro atoms. The van der Waals surface area contributed by atoms with Crippen LogP contribution in [0.2, 0.25) is 0 Å². The lowest BCUT2D eigenvalue weighted by Crippen LogP contribution is -2.38. The predicted molar refractivity (Wildman–Crippen MR) is 84.3 cm³/mol. The zero-order chi connectivity index (χ0) is 16.1. The first-order chi connectivity index (χ1) is 10.0. The molecule has 0 saturated carbocycles. The third-order valence-corrected chi connectivity index (χ3v) is 3.67. The van der Waals surface area contributed by atoms with E-state index in [9.17, 15) is 19.8 Å². The molecule has 0 aromatic heterocycles. The van der Waals surface area contributed by atoms with Gasteiger partial charge in [-0.25, -0.2) is 0 Å². The maximum Gasteiger partial charge on any atom is 0.321 e. The molecule has 0 unspecified atom stereocenters. The smallest absolute Gasteiger partial charge is 0.321 e. The lowest BCUT2D eigenvalue weighted by atomic mass is 9.81. The van der Waals surface area contributed by atoms with Gasteiger partial charge in [-0.15, -0.1) is 6.58 Å². The molecular formula is C17H28O4. The molecular weight excluding hydrogens is 268 g/mol. The summed E-state index contributed by atoms with van der Waals surface area (Å²) in [5, 5.41) is 18.4. The van der Waals surface area contributed by atoms with E-state index in [0.717, 1.165) is 12.8 Å². The Balaban J connectivity index is 4.18. The summed E-state index contributed by atoms with van der Waals surface area (Å²) in [6.45, 7) is 5.64. The van der Waals surface area contributed by atoms with E-state index < -0.39 is 17.4 Å². The molecule has 0 heterocycles. The largest absolute Gasteiger partial charge is 0.480 e. The Morgan fingerprint density at radius 3 is 2.05 bits per heavy atom. The summed E-state index contributed by atoms with van der Waals surface area (Å²) < 4.78 is 0. The summed E-state index contributed by atoms with van der Waals surface area (Å²) in [7, 11) is 0. The summed E-state index contributed by atoms with van der Waals surface area (Å²) in [5.41, 5.74) is -1.78. The Morgan fingerprint density at radius 1 is 0.952 bits per heavy atom. The number of hydrogen-bond acceptors (Lipinski definition) is 2. The molecule has 0 radical (unpaired) electrons. The number of carboxylic acid groups (broad SMARTS) is 2. The van der Waals surface area contributed by atoms with Crippen molar-refractivity contribution in [3.8, 4) is 0 Å². The number of unbranched alkanes of at least 4 members (excludes halogenated alkanes) is 6. The first kappa shape index (κ1) is 19.4. The molecule has 0 bridgehead atoms. The fourth-order valence-corrected chi connectivity index (χ4v) is 2.22. The monoisotopic (exact) mass is 296 g/mol. The molecule has 0 aliphatic heterocycles. The van der Waals surface area contributed by atoms with Crippen molar-refractivity contribution in [2.75, 3.05) is 0 Å². The predicted octanol–water partition coefficient (Wildman–Crippen LogP) is 4.42. The second-order valence-electron chi connectivity index (χ2n) is 5.42. The van der Waals surface area contributed by atoms with Gasteiger partial charge in [-0.2, -0.15) is 0 Å². The van der Waals surface area contributed by atoms with Gasteiger partial charge in [0.2, 0.25) is 0 Å². The highest BCUT2D eigenvalue weighted by Crippen LogP contribution is 2.29. The van der Waals surface area contributed by atoms with Crippen LogP contribution in [0.3, 0.4) is 0 Å². The molecule has 0 atom stereocenters. The lowest BCUT2D eigenvalue weighted by molar-refractivity contribution is -0.164. The van der Waals surface area contributed by atoms with Gasteiger partial charge in [-0.05, 0) is 25.7 Å². The second kappa shape index (κ2) is 11.1. The van der Waals surface area contributed by atoms with Crippen molar-refractivity contribution in [2.24, 2.45) is 5.41 Å². The highest BCUT2D eigenvalue weighted by molar-refractivity contribution is 5.98. The fraction of sp³-hybridized carbons (Fsp3) is 0.647.